The largest absolute Gasteiger partial charge is 0.357 e. The standard InChI is InChI=1S/C25H28N4O3S/c1-18-8-9-19(2)23(14-18)33(31,32)28-22-7-5-6-21(15-22)25(30)27-17-20-10-11-24(26-16-20)29-12-3-4-13-29/h5-11,14-16,28H,3-4,12-13,17H2,1-2H3,(H,27,30). The fourth-order valence-corrected chi connectivity index (χ4v) is 5.25. The predicted molar refractivity (Wildman–Crippen MR) is 130 cm³/mol. The number of nitrogens with one attached hydrogen (secondary N) is 2. The summed E-state index contributed by atoms with van der Waals surface area (Å²) in [5.41, 5.74) is 3.12. The van der Waals surface area contributed by atoms with Gasteiger partial charge in [-0.15, -0.1) is 0 Å². The first-order valence-corrected chi connectivity index (χ1v) is 12.5. The Balaban J connectivity index is 1.41. The molecule has 0 radical (unpaired) electrons. The van der Waals surface area contributed by atoms with Gasteiger partial charge >= 0.3 is 0 Å². The molecule has 172 valence electrons. The van der Waals surface area contributed by atoms with E-state index < -0.39 is 10.0 Å². The van der Waals surface area contributed by atoms with E-state index in [1.165, 1.54) is 18.9 Å². The fraction of sp³-hybridized carbons (Fsp3) is 0.280. The minimum Gasteiger partial charge on any atom is -0.357 e. The number of carbonyl (C=O) groups is 1. The average molecular weight is 465 g/mol. The third-order valence-electron chi connectivity index (χ3n) is 5.70. The maximum absolute atomic E-state index is 12.9. The van der Waals surface area contributed by atoms with Crippen molar-refractivity contribution in [3.63, 3.8) is 0 Å². The number of sulfonamides is 1. The molecule has 1 amide bonds. The van der Waals surface area contributed by atoms with E-state index in [2.05, 4.69) is 19.9 Å². The van der Waals surface area contributed by atoms with Crippen LogP contribution in [0.1, 0.15) is 39.9 Å². The summed E-state index contributed by atoms with van der Waals surface area (Å²) in [4.78, 5) is 19.7. The lowest BCUT2D eigenvalue weighted by Crippen LogP contribution is -2.23. The topological polar surface area (TPSA) is 91.4 Å². The smallest absolute Gasteiger partial charge is 0.262 e. The molecule has 0 aliphatic carbocycles. The maximum atomic E-state index is 12.9. The SMILES string of the molecule is Cc1ccc(C)c(S(=O)(=O)Nc2cccc(C(=O)NCc3ccc(N4CCCC4)nc3)c2)c1. The molecule has 1 saturated heterocycles. The number of amides is 1. The normalized spacial score (nSPS) is 13.7. The van der Waals surface area contributed by atoms with Gasteiger partial charge in [0.25, 0.3) is 15.9 Å². The molecule has 4 rings (SSSR count). The zero-order chi connectivity index (χ0) is 23.4. The van der Waals surface area contributed by atoms with E-state index in [0.717, 1.165) is 30.0 Å². The van der Waals surface area contributed by atoms with E-state index in [-0.39, 0.29) is 10.8 Å². The van der Waals surface area contributed by atoms with Crippen molar-refractivity contribution >= 4 is 27.4 Å². The second-order valence-corrected chi connectivity index (χ2v) is 10.0. The first-order chi connectivity index (χ1) is 15.8. The van der Waals surface area contributed by atoms with Gasteiger partial charge in [-0.1, -0.05) is 24.3 Å². The Morgan fingerprint density at radius 3 is 2.55 bits per heavy atom. The Hall–Kier alpha value is -3.39. The number of nitrogens with zero attached hydrogens (tertiary/aromatic N) is 2. The lowest BCUT2D eigenvalue weighted by Gasteiger charge is -2.16. The Bertz CT molecular complexity index is 1250. The molecule has 7 nitrogen and oxygen atoms in total. The van der Waals surface area contributed by atoms with Crippen molar-refractivity contribution in [2.75, 3.05) is 22.7 Å². The molecule has 3 aromatic rings. The quantitative estimate of drug-likeness (QED) is 0.551. The maximum Gasteiger partial charge on any atom is 0.262 e. The number of pyridine rings is 1. The Kier molecular flexibility index (Phi) is 6.65. The van der Waals surface area contributed by atoms with Gasteiger partial charge in [0.15, 0.2) is 0 Å². The summed E-state index contributed by atoms with van der Waals surface area (Å²) in [7, 11) is -3.77. The lowest BCUT2D eigenvalue weighted by molar-refractivity contribution is 0.0951. The monoisotopic (exact) mass is 464 g/mol. The molecule has 2 aromatic carbocycles. The van der Waals surface area contributed by atoms with Crippen LogP contribution in [0.5, 0.6) is 0 Å². The number of benzene rings is 2. The summed E-state index contributed by atoms with van der Waals surface area (Å²) in [6, 6.07) is 15.7. The molecule has 0 unspecified atom stereocenters. The zero-order valence-electron chi connectivity index (χ0n) is 18.8. The van der Waals surface area contributed by atoms with Crippen LogP contribution in [-0.2, 0) is 16.6 Å². The summed E-state index contributed by atoms with van der Waals surface area (Å²) >= 11 is 0. The number of hydrogen-bond acceptors (Lipinski definition) is 5. The molecular weight excluding hydrogens is 436 g/mol. The summed E-state index contributed by atoms with van der Waals surface area (Å²) < 4.78 is 28.3. The zero-order valence-corrected chi connectivity index (χ0v) is 19.7. The van der Waals surface area contributed by atoms with Crippen LogP contribution in [0, 0.1) is 13.8 Å². The van der Waals surface area contributed by atoms with E-state index >= 15 is 0 Å². The number of aromatic nitrogens is 1. The highest BCUT2D eigenvalue weighted by molar-refractivity contribution is 7.92. The molecule has 2 heterocycles. The number of carbonyl (C=O) groups excluding carboxylic acids is 1. The highest BCUT2D eigenvalue weighted by Gasteiger charge is 2.18. The van der Waals surface area contributed by atoms with Crippen molar-refractivity contribution in [2.24, 2.45) is 0 Å². The minimum absolute atomic E-state index is 0.224. The number of hydrogen-bond donors (Lipinski definition) is 2. The summed E-state index contributed by atoms with van der Waals surface area (Å²) in [6.07, 6.45) is 4.17. The van der Waals surface area contributed by atoms with Crippen molar-refractivity contribution in [3.05, 3.63) is 83.0 Å². The molecule has 0 spiro atoms. The van der Waals surface area contributed by atoms with Crippen LogP contribution in [-0.4, -0.2) is 32.4 Å². The predicted octanol–water partition coefficient (Wildman–Crippen LogP) is 4.03. The van der Waals surface area contributed by atoms with E-state index in [1.54, 1.807) is 43.5 Å². The molecule has 1 aliphatic heterocycles. The molecule has 2 N–H and O–H groups in total. The third-order valence-corrected chi connectivity index (χ3v) is 7.23. The summed E-state index contributed by atoms with van der Waals surface area (Å²) in [6.45, 7) is 6.01. The van der Waals surface area contributed by atoms with Crippen molar-refractivity contribution in [1.29, 1.82) is 0 Å². The van der Waals surface area contributed by atoms with E-state index in [9.17, 15) is 13.2 Å². The highest BCUT2D eigenvalue weighted by Crippen LogP contribution is 2.22. The molecule has 0 saturated carbocycles. The summed E-state index contributed by atoms with van der Waals surface area (Å²) in [5.74, 6) is 0.679. The molecule has 0 atom stereocenters. The van der Waals surface area contributed by atoms with Gasteiger partial charge in [-0.05, 0) is 73.7 Å². The van der Waals surface area contributed by atoms with E-state index in [1.807, 2.05) is 25.1 Å². The van der Waals surface area contributed by atoms with Crippen LogP contribution in [0.25, 0.3) is 0 Å². The molecule has 1 fully saturated rings. The average Bonchev–Trinajstić information content (AvgIpc) is 3.34. The fourth-order valence-electron chi connectivity index (χ4n) is 3.87. The first kappa shape index (κ1) is 22.8. The Labute approximate surface area is 194 Å². The van der Waals surface area contributed by atoms with Gasteiger partial charge in [-0.3, -0.25) is 9.52 Å². The molecule has 1 aliphatic rings. The van der Waals surface area contributed by atoms with E-state index in [0.29, 0.717) is 23.4 Å². The first-order valence-electron chi connectivity index (χ1n) is 11.0. The third kappa shape index (κ3) is 5.51. The van der Waals surface area contributed by atoms with Gasteiger partial charge in [-0.25, -0.2) is 13.4 Å². The van der Waals surface area contributed by atoms with Crippen LogP contribution in [0.2, 0.25) is 0 Å². The minimum atomic E-state index is -3.77. The van der Waals surface area contributed by atoms with Gasteiger partial charge in [0.2, 0.25) is 0 Å². The second kappa shape index (κ2) is 9.62. The van der Waals surface area contributed by atoms with E-state index in [4.69, 9.17) is 0 Å². The molecule has 1 aromatic heterocycles. The number of anilines is 2. The van der Waals surface area contributed by atoms with Gasteiger partial charge in [0.05, 0.1) is 4.90 Å². The van der Waals surface area contributed by atoms with Crippen LogP contribution in [0.3, 0.4) is 0 Å². The molecular formula is C25H28N4O3S. The van der Waals surface area contributed by atoms with Gasteiger partial charge in [-0.2, -0.15) is 0 Å². The van der Waals surface area contributed by atoms with Crippen LogP contribution >= 0.6 is 0 Å². The molecule has 8 heteroatoms. The summed E-state index contributed by atoms with van der Waals surface area (Å²) in [5, 5.41) is 2.87. The van der Waals surface area contributed by atoms with Crippen LogP contribution in [0.4, 0.5) is 11.5 Å². The van der Waals surface area contributed by atoms with Crippen molar-refractivity contribution < 1.29 is 13.2 Å². The van der Waals surface area contributed by atoms with Gasteiger partial charge < -0.3 is 10.2 Å². The number of rotatable bonds is 7. The Morgan fingerprint density at radius 1 is 1.03 bits per heavy atom. The van der Waals surface area contributed by atoms with Crippen LogP contribution in [0.15, 0.2) is 65.7 Å². The molecule has 33 heavy (non-hydrogen) atoms. The van der Waals surface area contributed by atoms with Crippen LogP contribution < -0.4 is 14.9 Å². The van der Waals surface area contributed by atoms with Crippen molar-refractivity contribution in [3.8, 4) is 0 Å². The lowest BCUT2D eigenvalue weighted by atomic mass is 10.2. The van der Waals surface area contributed by atoms with Crippen molar-refractivity contribution in [2.45, 2.75) is 38.1 Å². The second-order valence-electron chi connectivity index (χ2n) is 8.36. The highest BCUT2D eigenvalue weighted by atomic mass is 32.2. The van der Waals surface area contributed by atoms with Gasteiger partial charge in [0.1, 0.15) is 5.82 Å². The molecule has 0 bridgehead atoms. The van der Waals surface area contributed by atoms with Gasteiger partial charge in [0, 0.05) is 37.1 Å². The van der Waals surface area contributed by atoms with Crippen molar-refractivity contribution in [1.82, 2.24) is 10.3 Å². The Morgan fingerprint density at radius 2 is 1.82 bits per heavy atom. The number of aryl methyl sites for hydroxylation is 2.